The molecular weight excluding hydrogens is 330 g/mol. The van der Waals surface area contributed by atoms with Crippen molar-refractivity contribution in [3.8, 4) is 0 Å². The zero-order valence-corrected chi connectivity index (χ0v) is 20.3. The molecule has 0 bridgehead atoms. The number of carbonyl (C=O) groups is 1. The first kappa shape index (κ1) is 25.9. The minimum Gasteiger partial charge on any atom is -1.00 e. The summed E-state index contributed by atoms with van der Waals surface area (Å²) in [6, 6.07) is 4.57. The topological polar surface area (TPSA) is 17.1 Å². The molecule has 3 heteroatoms. The maximum atomic E-state index is 13.4. The van der Waals surface area contributed by atoms with Gasteiger partial charge in [0.2, 0.25) is 0 Å². The van der Waals surface area contributed by atoms with Crippen LogP contribution in [-0.4, -0.2) is 11.4 Å². The van der Waals surface area contributed by atoms with Gasteiger partial charge in [-0.3, -0.25) is 4.79 Å². The first-order chi connectivity index (χ1) is 11.1. The fourth-order valence-corrected chi connectivity index (χ4v) is 3.65. The van der Waals surface area contributed by atoms with Crippen molar-refractivity contribution in [3.05, 3.63) is 34.4 Å². The molecule has 144 valence electrons. The van der Waals surface area contributed by atoms with Crippen molar-refractivity contribution in [2.45, 2.75) is 104 Å². The van der Waals surface area contributed by atoms with Crippen molar-refractivity contribution in [2.75, 3.05) is 0 Å². The Morgan fingerprint density at radius 1 is 0.923 bits per heavy atom. The van der Waals surface area contributed by atoms with E-state index < -0.39 is 0 Å². The summed E-state index contributed by atoms with van der Waals surface area (Å²) in [7, 11) is 2.78. The number of benzene rings is 1. The maximum absolute atomic E-state index is 13.4. The summed E-state index contributed by atoms with van der Waals surface area (Å²) in [5, 5.41) is 0. The van der Waals surface area contributed by atoms with Crippen molar-refractivity contribution in [2.24, 2.45) is 0 Å². The number of Topliss-reactive ketones (excluding diaryl/α,β-unsaturated/α-hetero) is 1. The zero-order valence-electron chi connectivity index (χ0n) is 20.1. The van der Waals surface area contributed by atoms with Crippen LogP contribution in [0.4, 0.5) is 0 Å². The van der Waals surface area contributed by atoms with Gasteiger partial charge in [0.25, 0.3) is 0 Å². The molecule has 1 rings (SSSR count). The number of ketones is 1. The summed E-state index contributed by atoms with van der Waals surface area (Å²) in [5.74, 6) is 0.280. The van der Waals surface area contributed by atoms with Crippen LogP contribution in [-0.2, 0) is 16.2 Å². The van der Waals surface area contributed by atoms with Gasteiger partial charge in [0.15, 0.2) is 5.78 Å². The predicted molar refractivity (Wildman–Crippen MR) is 116 cm³/mol. The first-order valence-electron chi connectivity index (χ1n) is 9.60. The summed E-state index contributed by atoms with van der Waals surface area (Å²) in [6.45, 7) is 22.2. The molecule has 0 aliphatic heterocycles. The molecule has 1 aromatic carbocycles. The molecule has 1 aromatic rings. The molecule has 0 aromatic heterocycles. The van der Waals surface area contributed by atoms with Crippen LogP contribution < -0.4 is 18.9 Å². The average Bonchev–Trinajstić information content (AvgIpc) is 2.42. The summed E-state index contributed by atoms with van der Waals surface area (Å²) < 4.78 is 0. The van der Waals surface area contributed by atoms with Gasteiger partial charge < -0.3 is 1.43 Å². The van der Waals surface area contributed by atoms with Crippen molar-refractivity contribution >= 4 is 15.0 Å². The van der Waals surface area contributed by atoms with Gasteiger partial charge in [0, 0.05) is 11.2 Å². The third kappa shape index (κ3) is 6.23. The molecule has 0 aliphatic carbocycles. The van der Waals surface area contributed by atoms with Crippen molar-refractivity contribution in [1.82, 2.24) is 0 Å². The molecule has 0 spiro atoms. The van der Waals surface area contributed by atoms with E-state index in [1.807, 2.05) is 0 Å². The summed E-state index contributed by atoms with van der Waals surface area (Å²) in [6.07, 6.45) is 1.94. The molecule has 2 atom stereocenters. The van der Waals surface area contributed by atoms with E-state index in [9.17, 15) is 4.79 Å². The number of hydrogen-bond acceptors (Lipinski definition) is 1. The molecule has 0 saturated heterocycles. The molecule has 1 nitrogen and oxygen atoms in total. The molecule has 2 unspecified atom stereocenters. The molecule has 0 saturated carbocycles. The fourth-order valence-electron chi connectivity index (χ4n) is 3.15. The standard InChI is InChI=1S/C23H39OP.Li.H/c1-11-12-18(25)20(24)19-16(22(5,6)7)13-15(21(2,3)4)14-17(19)23(8,9)10;;/h13-14,18H,11-12,25H2,1-10H3;;/q;+1;-1. The maximum Gasteiger partial charge on any atom is 1.00 e. The largest absolute Gasteiger partial charge is 1.00 e. The zero-order chi connectivity index (χ0) is 19.8. The monoisotopic (exact) mass is 370 g/mol. The second-order valence-corrected chi connectivity index (χ2v) is 11.3. The average molecular weight is 370 g/mol. The molecule has 0 radical (unpaired) electrons. The number of rotatable bonds is 4. The number of carbonyl (C=O) groups excluding carboxylic acids is 1. The molecule has 0 N–H and O–H groups in total. The Morgan fingerprint density at radius 3 is 1.58 bits per heavy atom. The summed E-state index contributed by atoms with van der Waals surface area (Å²) in [4.78, 5) is 13.4. The first-order valence-corrected chi connectivity index (χ1v) is 10.3. The minimum atomic E-state index is -0.0666. The van der Waals surface area contributed by atoms with Gasteiger partial charge in [-0.05, 0) is 39.4 Å². The van der Waals surface area contributed by atoms with Crippen LogP contribution in [0.3, 0.4) is 0 Å². The second kappa shape index (κ2) is 8.95. The molecule has 0 aliphatic rings. The molecular formula is C23H40LiOP. The van der Waals surface area contributed by atoms with Crippen LogP contribution in [0.1, 0.15) is 111 Å². The van der Waals surface area contributed by atoms with E-state index in [4.69, 9.17) is 0 Å². The van der Waals surface area contributed by atoms with Gasteiger partial charge in [-0.1, -0.05) is 87.8 Å². The Labute approximate surface area is 178 Å². The van der Waals surface area contributed by atoms with E-state index >= 15 is 0 Å². The van der Waals surface area contributed by atoms with Gasteiger partial charge in [-0.2, -0.15) is 0 Å². The molecule has 0 amide bonds. The Bertz CT molecular complexity index is 598. The van der Waals surface area contributed by atoms with E-state index in [-0.39, 0.29) is 48.0 Å². The third-order valence-electron chi connectivity index (χ3n) is 4.80. The van der Waals surface area contributed by atoms with Crippen LogP contribution >= 0.6 is 9.24 Å². The van der Waals surface area contributed by atoms with Crippen LogP contribution in [0.2, 0.25) is 0 Å². The predicted octanol–water partition coefficient (Wildman–Crippen LogP) is 3.92. The normalized spacial score (nSPS) is 14.0. The quantitative estimate of drug-likeness (QED) is 0.446. The number of hydrogen-bond donors (Lipinski definition) is 0. The van der Waals surface area contributed by atoms with E-state index in [1.165, 1.54) is 16.7 Å². The van der Waals surface area contributed by atoms with Crippen molar-refractivity contribution in [1.29, 1.82) is 0 Å². The van der Waals surface area contributed by atoms with Crippen LogP contribution in [0.15, 0.2) is 12.1 Å². The van der Waals surface area contributed by atoms with Gasteiger partial charge in [0.05, 0.1) is 0 Å². The van der Waals surface area contributed by atoms with Gasteiger partial charge in [-0.15, -0.1) is 9.24 Å². The Hall–Kier alpha value is -0.0826. The van der Waals surface area contributed by atoms with E-state index in [2.05, 4.69) is 90.6 Å². The minimum absolute atomic E-state index is 0. The van der Waals surface area contributed by atoms with Crippen LogP contribution in [0.25, 0.3) is 0 Å². The Kier molecular flexibility index (Phi) is 8.92. The molecule has 0 fully saturated rings. The van der Waals surface area contributed by atoms with Crippen molar-refractivity contribution < 1.29 is 25.1 Å². The van der Waals surface area contributed by atoms with Gasteiger partial charge in [0.1, 0.15) is 0 Å². The second-order valence-electron chi connectivity index (χ2n) is 10.5. The summed E-state index contributed by atoms with van der Waals surface area (Å²) >= 11 is 0. The molecule has 0 heterocycles. The Morgan fingerprint density at radius 2 is 1.31 bits per heavy atom. The van der Waals surface area contributed by atoms with E-state index in [0.717, 1.165) is 18.4 Å². The van der Waals surface area contributed by atoms with Crippen LogP contribution in [0.5, 0.6) is 0 Å². The van der Waals surface area contributed by atoms with E-state index in [0.29, 0.717) is 0 Å². The molecule has 26 heavy (non-hydrogen) atoms. The fraction of sp³-hybridized carbons (Fsp3) is 0.696. The third-order valence-corrected chi connectivity index (χ3v) is 5.44. The summed E-state index contributed by atoms with van der Waals surface area (Å²) in [5.41, 5.74) is 4.58. The van der Waals surface area contributed by atoms with E-state index in [1.54, 1.807) is 0 Å². The van der Waals surface area contributed by atoms with Gasteiger partial charge in [-0.25, -0.2) is 0 Å². The SMILES string of the molecule is CCCC(P)C(=O)c1c(C(C)(C)C)cc(C(C)(C)C)cc1C(C)(C)C.[H-].[Li+]. The van der Waals surface area contributed by atoms with Gasteiger partial charge >= 0.3 is 18.9 Å². The van der Waals surface area contributed by atoms with Crippen molar-refractivity contribution in [3.63, 3.8) is 0 Å². The van der Waals surface area contributed by atoms with Crippen LogP contribution in [0, 0.1) is 0 Å². The Balaban J connectivity index is 0. The smallest absolute Gasteiger partial charge is 1.00 e.